The number of hydrogen-bond acceptors (Lipinski definition) is 4. The van der Waals surface area contributed by atoms with Gasteiger partial charge >= 0.3 is 0 Å². The maximum atomic E-state index is 12.5. The Morgan fingerprint density at radius 1 is 1.45 bits per heavy atom. The number of phenolic OH excluding ortho intramolecular Hbond substituents is 1. The number of benzene rings is 1. The van der Waals surface area contributed by atoms with Crippen molar-refractivity contribution in [3.05, 3.63) is 29.8 Å². The van der Waals surface area contributed by atoms with E-state index in [1.807, 2.05) is 6.92 Å². The second-order valence-corrected chi connectivity index (χ2v) is 4.63. The van der Waals surface area contributed by atoms with E-state index in [1.54, 1.807) is 18.2 Å². The normalized spacial score (nSPS) is 18.6. The molecule has 3 N–H and O–H groups in total. The van der Waals surface area contributed by atoms with Gasteiger partial charge in [0.1, 0.15) is 11.8 Å². The SMILES string of the molecule is CCNC(=O)C1CNCCN1C(=O)c1ccccc1O. The van der Waals surface area contributed by atoms with Crippen LogP contribution in [0.25, 0.3) is 0 Å². The van der Waals surface area contributed by atoms with E-state index in [2.05, 4.69) is 10.6 Å². The molecule has 0 saturated carbocycles. The molecule has 1 saturated heterocycles. The Hall–Kier alpha value is -2.08. The van der Waals surface area contributed by atoms with Gasteiger partial charge in [-0.1, -0.05) is 12.1 Å². The second-order valence-electron chi connectivity index (χ2n) is 4.63. The van der Waals surface area contributed by atoms with Crippen molar-refractivity contribution >= 4 is 11.8 Å². The molecule has 1 aromatic carbocycles. The van der Waals surface area contributed by atoms with E-state index in [0.29, 0.717) is 26.2 Å². The summed E-state index contributed by atoms with van der Waals surface area (Å²) in [6, 6.07) is 5.84. The van der Waals surface area contributed by atoms with Crippen LogP contribution in [0.2, 0.25) is 0 Å². The maximum absolute atomic E-state index is 12.5. The largest absolute Gasteiger partial charge is 0.507 e. The molecule has 6 nitrogen and oxygen atoms in total. The molecule has 0 radical (unpaired) electrons. The third-order valence-electron chi connectivity index (χ3n) is 3.29. The van der Waals surface area contributed by atoms with Crippen LogP contribution < -0.4 is 10.6 Å². The Morgan fingerprint density at radius 2 is 2.20 bits per heavy atom. The van der Waals surface area contributed by atoms with Crippen molar-refractivity contribution in [3.63, 3.8) is 0 Å². The highest BCUT2D eigenvalue weighted by molar-refractivity contribution is 5.99. The Bertz CT molecular complexity index is 504. The number of piperazine rings is 1. The number of nitrogens with zero attached hydrogens (tertiary/aromatic N) is 1. The highest BCUT2D eigenvalue weighted by Gasteiger charge is 2.33. The van der Waals surface area contributed by atoms with E-state index in [1.165, 1.54) is 11.0 Å². The summed E-state index contributed by atoms with van der Waals surface area (Å²) in [6.07, 6.45) is 0. The minimum Gasteiger partial charge on any atom is -0.507 e. The summed E-state index contributed by atoms with van der Waals surface area (Å²) < 4.78 is 0. The van der Waals surface area contributed by atoms with Gasteiger partial charge in [0.25, 0.3) is 5.91 Å². The molecule has 1 unspecified atom stereocenters. The summed E-state index contributed by atoms with van der Waals surface area (Å²) in [7, 11) is 0. The number of carbonyl (C=O) groups excluding carboxylic acids is 2. The maximum Gasteiger partial charge on any atom is 0.258 e. The molecule has 0 aliphatic carbocycles. The number of phenols is 1. The van der Waals surface area contributed by atoms with Crippen molar-refractivity contribution in [2.45, 2.75) is 13.0 Å². The Kier molecular flexibility index (Phi) is 4.57. The van der Waals surface area contributed by atoms with E-state index < -0.39 is 6.04 Å². The molecular weight excluding hydrogens is 258 g/mol. The average Bonchev–Trinajstić information content (AvgIpc) is 2.47. The Labute approximate surface area is 117 Å². The lowest BCUT2D eigenvalue weighted by Gasteiger charge is -2.35. The molecule has 0 aromatic heterocycles. The third-order valence-corrected chi connectivity index (χ3v) is 3.29. The van der Waals surface area contributed by atoms with Crippen LogP contribution in [0.5, 0.6) is 5.75 Å². The van der Waals surface area contributed by atoms with Gasteiger partial charge in [0, 0.05) is 26.2 Å². The number of para-hydroxylation sites is 1. The molecular formula is C14H19N3O3. The summed E-state index contributed by atoms with van der Waals surface area (Å²) in [5.41, 5.74) is 0.226. The van der Waals surface area contributed by atoms with Gasteiger partial charge in [-0.3, -0.25) is 9.59 Å². The second kappa shape index (κ2) is 6.38. The van der Waals surface area contributed by atoms with Crippen molar-refractivity contribution in [3.8, 4) is 5.75 Å². The number of aromatic hydroxyl groups is 1. The third kappa shape index (κ3) is 2.91. The summed E-state index contributed by atoms with van der Waals surface area (Å²) in [4.78, 5) is 26.0. The summed E-state index contributed by atoms with van der Waals surface area (Å²) >= 11 is 0. The zero-order valence-electron chi connectivity index (χ0n) is 11.4. The van der Waals surface area contributed by atoms with Crippen LogP contribution >= 0.6 is 0 Å². The topological polar surface area (TPSA) is 81.7 Å². The quantitative estimate of drug-likeness (QED) is 0.723. The van der Waals surface area contributed by atoms with Gasteiger partial charge in [0.15, 0.2) is 0 Å². The molecule has 2 rings (SSSR count). The fourth-order valence-electron chi connectivity index (χ4n) is 2.28. The number of amides is 2. The first-order chi connectivity index (χ1) is 9.65. The zero-order valence-corrected chi connectivity index (χ0v) is 11.4. The number of carbonyl (C=O) groups is 2. The fraction of sp³-hybridized carbons (Fsp3) is 0.429. The Morgan fingerprint density at radius 3 is 2.90 bits per heavy atom. The molecule has 1 aromatic rings. The molecule has 1 fully saturated rings. The van der Waals surface area contributed by atoms with Gasteiger partial charge in [-0.2, -0.15) is 0 Å². The highest BCUT2D eigenvalue weighted by Crippen LogP contribution is 2.19. The molecule has 6 heteroatoms. The van der Waals surface area contributed by atoms with Crippen LogP contribution in [0.1, 0.15) is 17.3 Å². The number of likely N-dealkylation sites (N-methyl/N-ethyl adjacent to an activating group) is 1. The van der Waals surface area contributed by atoms with E-state index in [0.717, 1.165) is 0 Å². The minimum absolute atomic E-state index is 0.0642. The zero-order chi connectivity index (χ0) is 14.5. The van der Waals surface area contributed by atoms with Crippen molar-refractivity contribution in [2.75, 3.05) is 26.2 Å². The monoisotopic (exact) mass is 277 g/mol. The van der Waals surface area contributed by atoms with Crippen molar-refractivity contribution < 1.29 is 14.7 Å². The lowest BCUT2D eigenvalue weighted by molar-refractivity contribution is -0.126. The number of nitrogens with one attached hydrogen (secondary N) is 2. The number of rotatable bonds is 3. The van der Waals surface area contributed by atoms with Crippen LogP contribution in [0.3, 0.4) is 0 Å². The molecule has 0 bridgehead atoms. The first kappa shape index (κ1) is 14.3. The lowest BCUT2D eigenvalue weighted by Crippen LogP contribution is -2.59. The summed E-state index contributed by atoms with van der Waals surface area (Å²) in [5, 5.41) is 15.6. The molecule has 0 spiro atoms. The predicted octanol–water partition coefficient (Wildman–Crippen LogP) is -0.0577. The average molecular weight is 277 g/mol. The van der Waals surface area contributed by atoms with Gasteiger partial charge in [0.2, 0.25) is 5.91 Å². The van der Waals surface area contributed by atoms with Crippen molar-refractivity contribution in [2.24, 2.45) is 0 Å². The first-order valence-corrected chi connectivity index (χ1v) is 6.72. The predicted molar refractivity (Wildman–Crippen MR) is 74.5 cm³/mol. The van der Waals surface area contributed by atoms with Gasteiger partial charge < -0.3 is 20.6 Å². The van der Waals surface area contributed by atoms with Crippen LogP contribution in [-0.4, -0.2) is 54.0 Å². The van der Waals surface area contributed by atoms with Crippen LogP contribution in [0.15, 0.2) is 24.3 Å². The summed E-state index contributed by atoms with van der Waals surface area (Å²) in [6.45, 7) is 3.85. The molecule has 1 atom stereocenters. The molecule has 1 aliphatic rings. The van der Waals surface area contributed by atoms with Gasteiger partial charge in [-0.15, -0.1) is 0 Å². The Balaban J connectivity index is 2.22. The molecule has 1 aliphatic heterocycles. The van der Waals surface area contributed by atoms with E-state index >= 15 is 0 Å². The number of hydrogen-bond donors (Lipinski definition) is 3. The lowest BCUT2D eigenvalue weighted by atomic mass is 10.1. The molecule has 108 valence electrons. The molecule has 2 amide bonds. The highest BCUT2D eigenvalue weighted by atomic mass is 16.3. The minimum atomic E-state index is -0.546. The molecule has 1 heterocycles. The van der Waals surface area contributed by atoms with Gasteiger partial charge in [0.05, 0.1) is 5.56 Å². The summed E-state index contributed by atoms with van der Waals surface area (Å²) in [5.74, 6) is -0.560. The van der Waals surface area contributed by atoms with E-state index in [4.69, 9.17) is 0 Å². The van der Waals surface area contributed by atoms with Gasteiger partial charge in [-0.25, -0.2) is 0 Å². The fourth-order valence-corrected chi connectivity index (χ4v) is 2.28. The van der Waals surface area contributed by atoms with Crippen LogP contribution in [-0.2, 0) is 4.79 Å². The smallest absolute Gasteiger partial charge is 0.258 e. The van der Waals surface area contributed by atoms with Crippen molar-refractivity contribution in [1.29, 1.82) is 0 Å². The standard InChI is InChI=1S/C14H19N3O3/c1-2-16-13(19)11-9-15-7-8-17(11)14(20)10-5-3-4-6-12(10)18/h3-6,11,15,18H,2,7-9H2,1H3,(H,16,19). The van der Waals surface area contributed by atoms with Crippen molar-refractivity contribution in [1.82, 2.24) is 15.5 Å². The first-order valence-electron chi connectivity index (χ1n) is 6.72. The van der Waals surface area contributed by atoms with E-state index in [-0.39, 0.29) is 23.1 Å². The van der Waals surface area contributed by atoms with Gasteiger partial charge in [-0.05, 0) is 19.1 Å². The molecule has 20 heavy (non-hydrogen) atoms. The van der Waals surface area contributed by atoms with Crippen LogP contribution in [0.4, 0.5) is 0 Å². The van der Waals surface area contributed by atoms with Crippen LogP contribution in [0, 0.1) is 0 Å². The van der Waals surface area contributed by atoms with E-state index in [9.17, 15) is 14.7 Å².